The van der Waals surface area contributed by atoms with Gasteiger partial charge in [-0.1, -0.05) is 5.73 Å². The molecule has 4 N–H and O–H groups in total. The summed E-state index contributed by atoms with van der Waals surface area (Å²) in [5, 5.41) is 9.65. The fraction of sp³-hybridized carbons (Fsp3) is 0.143. The van der Waals surface area contributed by atoms with E-state index in [-0.39, 0.29) is 35.3 Å². The number of hydrogen-bond donors (Lipinski definition) is 3. The van der Waals surface area contributed by atoms with E-state index in [9.17, 15) is 9.18 Å². The summed E-state index contributed by atoms with van der Waals surface area (Å²) in [6.07, 6.45) is 2.79. The lowest BCUT2D eigenvalue weighted by Gasteiger charge is -2.13. The van der Waals surface area contributed by atoms with Gasteiger partial charge in [-0.3, -0.25) is 10.7 Å². The van der Waals surface area contributed by atoms with Crippen molar-refractivity contribution < 1.29 is 18.7 Å². The van der Waals surface area contributed by atoms with Crippen LogP contribution in [-0.4, -0.2) is 23.4 Å². The Morgan fingerprint density at radius 3 is 3.05 bits per heavy atom. The third-order valence-electron chi connectivity index (χ3n) is 2.54. The summed E-state index contributed by atoms with van der Waals surface area (Å²) >= 11 is 0. The lowest BCUT2D eigenvalue weighted by atomic mass is 10.2. The maximum atomic E-state index is 13.4. The van der Waals surface area contributed by atoms with Gasteiger partial charge in [0.25, 0.3) is 0 Å². The number of amides is 1. The first-order valence-corrected chi connectivity index (χ1v) is 6.30. The Bertz CT molecular complexity index is 721. The molecule has 0 unspecified atom stereocenters. The van der Waals surface area contributed by atoms with Crippen molar-refractivity contribution in [2.45, 2.75) is 6.92 Å². The predicted octanol–water partition coefficient (Wildman–Crippen LogP) is 2.54. The zero-order valence-electron chi connectivity index (χ0n) is 11.6. The van der Waals surface area contributed by atoms with Crippen LogP contribution in [0, 0.1) is 5.41 Å². The van der Waals surface area contributed by atoms with Gasteiger partial charge in [0.05, 0.1) is 12.3 Å². The summed E-state index contributed by atoms with van der Waals surface area (Å²) in [5.41, 5.74) is 8.10. The fourth-order valence-corrected chi connectivity index (χ4v) is 1.56. The monoisotopic (exact) mass is 304 g/mol. The van der Waals surface area contributed by atoms with E-state index in [0.29, 0.717) is 0 Å². The Balaban J connectivity index is 2.29. The smallest absolute Gasteiger partial charge is 0.411 e. The summed E-state index contributed by atoms with van der Waals surface area (Å²) < 4.78 is 23.6. The standard InChI is InChI=1S/C14H13FN4O3/c1-2-21-14(20)19-12-11(5-6-18-13(12)17)22-8-3-4-10(16)9(15)7-8/h4-7,16H,2H2,1H3,(H2,17,18)(H,19,20). The van der Waals surface area contributed by atoms with Crippen molar-refractivity contribution in [3.63, 3.8) is 0 Å². The molecule has 8 heteroatoms. The van der Waals surface area contributed by atoms with Gasteiger partial charge >= 0.3 is 6.09 Å². The lowest BCUT2D eigenvalue weighted by molar-refractivity contribution is 0.168. The van der Waals surface area contributed by atoms with Crippen LogP contribution in [0.1, 0.15) is 6.92 Å². The molecule has 0 fully saturated rings. The summed E-state index contributed by atoms with van der Waals surface area (Å²) in [4.78, 5) is 15.3. The average molecular weight is 304 g/mol. The molecule has 0 atom stereocenters. The molecule has 1 aromatic rings. The first-order chi connectivity index (χ1) is 10.5. The van der Waals surface area contributed by atoms with Gasteiger partial charge in [0, 0.05) is 24.4 Å². The van der Waals surface area contributed by atoms with Crippen LogP contribution in [0.25, 0.3) is 0 Å². The van der Waals surface area contributed by atoms with Gasteiger partial charge in [-0.25, -0.2) is 14.2 Å². The normalized spacial score (nSPS) is 13.3. The molecule has 7 nitrogen and oxygen atoms in total. The number of nitrogens with two attached hydrogens (primary N) is 1. The molecule has 0 bridgehead atoms. The third kappa shape index (κ3) is 3.50. The number of pyridine rings is 1. The number of carbonyl (C=O) groups is 1. The number of aromatic nitrogens is 1. The first-order valence-electron chi connectivity index (χ1n) is 6.30. The number of hydrogen-bond acceptors (Lipinski definition) is 6. The van der Waals surface area contributed by atoms with Crippen molar-refractivity contribution in [1.29, 1.82) is 5.41 Å². The van der Waals surface area contributed by atoms with Gasteiger partial charge in [0.15, 0.2) is 23.2 Å². The predicted molar refractivity (Wildman–Crippen MR) is 78.4 cm³/mol. The maximum absolute atomic E-state index is 13.4. The molecule has 114 valence electrons. The Labute approximate surface area is 125 Å². The molecule has 1 amide bonds. The number of rotatable bonds is 4. The van der Waals surface area contributed by atoms with E-state index < -0.39 is 11.9 Å². The van der Waals surface area contributed by atoms with E-state index in [1.54, 1.807) is 6.92 Å². The first kappa shape index (κ1) is 15.3. The Morgan fingerprint density at radius 1 is 1.59 bits per heavy atom. The molecule has 1 aliphatic carbocycles. The highest BCUT2D eigenvalue weighted by Crippen LogP contribution is 2.31. The quantitative estimate of drug-likeness (QED) is 0.740. The second-order valence-electron chi connectivity index (χ2n) is 4.08. The second-order valence-corrected chi connectivity index (χ2v) is 4.08. The molecule has 0 saturated carbocycles. The van der Waals surface area contributed by atoms with E-state index in [1.165, 1.54) is 12.3 Å². The number of allylic oxidation sites excluding steroid dienone is 2. The summed E-state index contributed by atoms with van der Waals surface area (Å²) in [7, 11) is 0. The third-order valence-corrected chi connectivity index (χ3v) is 2.54. The van der Waals surface area contributed by atoms with Crippen LogP contribution in [0.5, 0.6) is 5.75 Å². The Hall–Kier alpha value is -3.12. The number of halogens is 1. The average Bonchev–Trinajstić information content (AvgIpc) is 2.47. The number of anilines is 2. The van der Waals surface area contributed by atoms with Gasteiger partial charge in [0.2, 0.25) is 0 Å². The molecular weight excluding hydrogens is 291 g/mol. The lowest BCUT2D eigenvalue weighted by Crippen LogP contribution is -2.16. The number of ether oxygens (including phenoxy) is 2. The minimum Gasteiger partial charge on any atom is -0.450 e. The van der Waals surface area contributed by atoms with E-state index in [2.05, 4.69) is 16.0 Å². The maximum Gasteiger partial charge on any atom is 0.411 e. The van der Waals surface area contributed by atoms with Gasteiger partial charge in [-0.2, -0.15) is 0 Å². The van der Waals surface area contributed by atoms with Gasteiger partial charge in [0.1, 0.15) is 5.69 Å². The Morgan fingerprint density at radius 2 is 2.36 bits per heavy atom. The van der Waals surface area contributed by atoms with Crippen molar-refractivity contribution in [3.8, 4) is 5.75 Å². The van der Waals surface area contributed by atoms with Crippen molar-refractivity contribution in [3.05, 3.63) is 41.7 Å². The SMILES string of the molecule is CCOC(=O)Nc1c(OC2=C=CC(=N)C(F)=C2)ccnc1N. The van der Waals surface area contributed by atoms with Crippen molar-refractivity contribution in [2.75, 3.05) is 17.7 Å². The minimum absolute atomic E-state index is 0.0168. The molecular formula is C14H13FN4O3. The largest absolute Gasteiger partial charge is 0.450 e. The number of nitrogens with zero attached hydrogens (tertiary/aromatic N) is 1. The molecule has 22 heavy (non-hydrogen) atoms. The zero-order valence-corrected chi connectivity index (χ0v) is 11.6. The number of nitrogens with one attached hydrogen (secondary N) is 2. The van der Waals surface area contributed by atoms with Crippen LogP contribution in [0.2, 0.25) is 0 Å². The van der Waals surface area contributed by atoms with Crippen LogP contribution in [0.3, 0.4) is 0 Å². The molecule has 0 radical (unpaired) electrons. The van der Waals surface area contributed by atoms with Crippen LogP contribution in [-0.2, 0) is 4.74 Å². The second kappa shape index (κ2) is 6.55. The van der Waals surface area contributed by atoms with Gasteiger partial charge in [-0.05, 0) is 6.92 Å². The highest BCUT2D eigenvalue weighted by atomic mass is 19.1. The number of carbonyl (C=O) groups excluding carboxylic acids is 1. The highest BCUT2D eigenvalue weighted by Gasteiger charge is 2.15. The molecule has 0 aliphatic heterocycles. The fourth-order valence-electron chi connectivity index (χ4n) is 1.56. The summed E-state index contributed by atoms with van der Waals surface area (Å²) in [5.74, 6) is -0.557. The van der Waals surface area contributed by atoms with E-state index in [1.807, 2.05) is 0 Å². The van der Waals surface area contributed by atoms with Gasteiger partial charge < -0.3 is 15.2 Å². The van der Waals surface area contributed by atoms with Gasteiger partial charge in [-0.15, -0.1) is 0 Å². The van der Waals surface area contributed by atoms with Crippen molar-refractivity contribution in [2.24, 2.45) is 0 Å². The Kier molecular flexibility index (Phi) is 4.55. The van der Waals surface area contributed by atoms with E-state index >= 15 is 0 Å². The highest BCUT2D eigenvalue weighted by molar-refractivity contribution is 6.05. The minimum atomic E-state index is -0.754. The number of nitrogen functional groups attached to an aromatic ring is 1. The molecule has 0 saturated heterocycles. The topological polar surface area (TPSA) is 110 Å². The molecule has 2 rings (SSSR count). The zero-order chi connectivity index (χ0) is 16.1. The molecule has 0 spiro atoms. The molecule has 1 aromatic heterocycles. The van der Waals surface area contributed by atoms with Crippen LogP contribution >= 0.6 is 0 Å². The summed E-state index contributed by atoms with van der Waals surface area (Å²) in [6, 6.07) is 1.44. The van der Waals surface area contributed by atoms with E-state index in [4.69, 9.17) is 20.6 Å². The van der Waals surface area contributed by atoms with Crippen LogP contribution in [0.4, 0.5) is 20.7 Å². The molecule has 1 aliphatic rings. The van der Waals surface area contributed by atoms with Crippen LogP contribution in [0.15, 0.2) is 41.7 Å². The van der Waals surface area contributed by atoms with E-state index in [0.717, 1.165) is 12.2 Å². The van der Waals surface area contributed by atoms with Crippen LogP contribution < -0.4 is 15.8 Å². The van der Waals surface area contributed by atoms with Crippen molar-refractivity contribution in [1.82, 2.24) is 4.98 Å². The molecule has 0 aromatic carbocycles. The summed E-state index contributed by atoms with van der Waals surface area (Å²) in [6.45, 7) is 1.84. The van der Waals surface area contributed by atoms with Crippen molar-refractivity contribution >= 4 is 23.3 Å². The molecule has 1 heterocycles.